The highest BCUT2D eigenvalue weighted by atomic mass is 35.5. The number of ether oxygens (including phenoxy) is 2. The smallest absolute Gasteiger partial charge is 0.356 e. The van der Waals surface area contributed by atoms with Gasteiger partial charge in [0.25, 0.3) is 0 Å². The van der Waals surface area contributed by atoms with Crippen LogP contribution in [-0.4, -0.2) is 41.2 Å². The van der Waals surface area contributed by atoms with Crippen molar-refractivity contribution in [1.82, 2.24) is 9.97 Å². The normalized spacial score (nSPS) is 9.50. The van der Waals surface area contributed by atoms with E-state index >= 15 is 0 Å². The number of nitrogens with zero attached hydrogens (tertiary/aromatic N) is 2. The average molecular weight is 353 g/mol. The largest absolute Gasteiger partial charge is 0.464 e. The Morgan fingerprint density at radius 3 is 1.83 bits per heavy atom. The van der Waals surface area contributed by atoms with Crippen LogP contribution in [0.2, 0.25) is 0 Å². The molecule has 0 aromatic carbocycles. The summed E-state index contributed by atoms with van der Waals surface area (Å²) in [5.41, 5.74) is 1.62. The molecule has 0 saturated carbocycles. The van der Waals surface area contributed by atoms with Crippen molar-refractivity contribution in [2.75, 3.05) is 14.2 Å². The molecule has 0 aliphatic carbocycles. The van der Waals surface area contributed by atoms with Gasteiger partial charge >= 0.3 is 11.9 Å². The molecule has 2 heterocycles. The second kappa shape index (κ2) is 10.3. The van der Waals surface area contributed by atoms with Crippen LogP contribution >= 0.6 is 11.6 Å². The third-order valence-corrected chi connectivity index (χ3v) is 2.98. The molecular weight excluding hydrogens is 336 g/mol. The molecule has 7 nitrogen and oxygen atoms in total. The zero-order chi connectivity index (χ0) is 17.9. The molecule has 0 saturated heterocycles. The van der Waals surface area contributed by atoms with Gasteiger partial charge in [-0.1, -0.05) is 12.1 Å². The maximum absolute atomic E-state index is 11.0. The Kier molecular flexibility index (Phi) is 8.38. The highest BCUT2D eigenvalue weighted by Crippen LogP contribution is 2.03. The summed E-state index contributed by atoms with van der Waals surface area (Å²) in [4.78, 5) is 29.7. The maximum Gasteiger partial charge on any atom is 0.356 e. The van der Waals surface area contributed by atoms with E-state index < -0.39 is 11.9 Å². The Morgan fingerprint density at radius 2 is 1.42 bits per heavy atom. The lowest BCUT2D eigenvalue weighted by Crippen LogP contribution is -2.05. The third-order valence-electron chi connectivity index (χ3n) is 2.70. The monoisotopic (exact) mass is 352 g/mol. The topological polar surface area (TPSA) is 98.6 Å². The fraction of sp³-hybridized carbons (Fsp3) is 0.250. The molecule has 0 radical (unpaired) electrons. The van der Waals surface area contributed by atoms with Crippen molar-refractivity contribution in [2.24, 2.45) is 0 Å². The number of halogens is 1. The molecule has 24 heavy (non-hydrogen) atoms. The molecule has 128 valence electrons. The summed E-state index contributed by atoms with van der Waals surface area (Å²) >= 11 is 5.53. The average Bonchev–Trinajstić information content (AvgIpc) is 2.67. The van der Waals surface area contributed by atoms with Crippen molar-refractivity contribution in [3.8, 4) is 0 Å². The van der Waals surface area contributed by atoms with Crippen molar-refractivity contribution < 1.29 is 24.2 Å². The standard InChI is InChI=1S/C8H8ClNO2.C8H9NO3/c1-12-8(11)7-4-2-3-6(5-9)10-7;1-12-8(11)7-4-2-3-6(5-10)9-7/h2-4H,5H2,1H3;2-4,10H,5H2,1H3. The van der Waals surface area contributed by atoms with Crippen molar-refractivity contribution >= 4 is 23.5 Å². The highest BCUT2D eigenvalue weighted by Gasteiger charge is 2.07. The van der Waals surface area contributed by atoms with Crippen LogP contribution in [0.5, 0.6) is 0 Å². The van der Waals surface area contributed by atoms with Gasteiger partial charge in [-0.3, -0.25) is 0 Å². The van der Waals surface area contributed by atoms with Crippen molar-refractivity contribution in [2.45, 2.75) is 12.5 Å². The quantitative estimate of drug-likeness (QED) is 0.663. The summed E-state index contributed by atoms with van der Waals surface area (Å²) in [5, 5.41) is 8.70. The van der Waals surface area contributed by atoms with Gasteiger partial charge in [-0.05, 0) is 24.3 Å². The van der Waals surface area contributed by atoms with E-state index in [4.69, 9.17) is 16.7 Å². The summed E-state index contributed by atoms with van der Waals surface area (Å²) in [5.74, 6) is -0.641. The Labute approximate surface area is 144 Å². The predicted molar refractivity (Wildman–Crippen MR) is 86.6 cm³/mol. The van der Waals surface area contributed by atoms with Gasteiger partial charge in [0, 0.05) is 0 Å². The summed E-state index contributed by atoms with van der Waals surface area (Å²) in [7, 11) is 2.60. The van der Waals surface area contributed by atoms with Gasteiger partial charge in [0.1, 0.15) is 11.4 Å². The van der Waals surface area contributed by atoms with E-state index in [1.807, 2.05) is 0 Å². The second-order valence-corrected chi connectivity index (χ2v) is 4.57. The summed E-state index contributed by atoms with van der Waals surface area (Å²) in [6.07, 6.45) is 0. The summed E-state index contributed by atoms with van der Waals surface area (Å²) in [6.45, 7) is -0.176. The number of pyridine rings is 2. The number of carbonyl (C=O) groups excluding carboxylic acids is 2. The van der Waals surface area contributed by atoms with Gasteiger partial charge in [-0.25, -0.2) is 19.6 Å². The van der Waals surface area contributed by atoms with E-state index in [1.165, 1.54) is 20.3 Å². The van der Waals surface area contributed by atoms with Gasteiger partial charge in [0.15, 0.2) is 0 Å². The lowest BCUT2D eigenvalue weighted by molar-refractivity contribution is 0.0585. The van der Waals surface area contributed by atoms with Crippen LogP contribution < -0.4 is 0 Å². The van der Waals surface area contributed by atoms with E-state index in [0.717, 1.165) is 0 Å². The van der Waals surface area contributed by atoms with E-state index in [1.54, 1.807) is 30.3 Å². The minimum atomic E-state index is -0.495. The zero-order valence-electron chi connectivity index (χ0n) is 13.2. The fourth-order valence-electron chi connectivity index (χ4n) is 1.56. The van der Waals surface area contributed by atoms with Crippen LogP contribution in [0.3, 0.4) is 0 Å². The molecule has 1 N–H and O–H groups in total. The number of esters is 2. The first-order valence-corrected chi connectivity index (χ1v) is 7.34. The molecule has 0 aliphatic rings. The van der Waals surface area contributed by atoms with E-state index in [2.05, 4.69) is 19.4 Å². The molecule has 0 atom stereocenters. The summed E-state index contributed by atoms with van der Waals surface area (Å²) < 4.78 is 8.94. The first-order chi connectivity index (χ1) is 11.5. The van der Waals surface area contributed by atoms with E-state index in [9.17, 15) is 9.59 Å². The molecular formula is C16H17ClN2O5. The number of methoxy groups -OCH3 is 2. The maximum atomic E-state index is 11.0. The van der Waals surface area contributed by atoms with E-state index in [0.29, 0.717) is 17.3 Å². The van der Waals surface area contributed by atoms with Crippen molar-refractivity contribution in [3.05, 3.63) is 59.2 Å². The predicted octanol–water partition coefficient (Wildman–Crippen LogP) is 1.97. The molecule has 8 heteroatoms. The van der Waals surface area contributed by atoms with Crippen LogP contribution in [0.25, 0.3) is 0 Å². The number of hydrogen-bond acceptors (Lipinski definition) is 7. The van der Waals surface area contributed by atoms with Crippen LogP contribution in [0, 0.1) is 0 Å². The van der Waals surface area contributed by atoms with Gasteiger partial charge < -0.3 is 14.6 Å². The lowest BCUT2D eigenvalue weighted by atomic mass is 10.3. The number of aliphatic hydroxyl groups is 1. The number of hydrogen-bond donors (Lipinski definition) is 1. The molecule has 0 aliphatic heterocycles. The lowest BCUT2D eigenvalue weighted by Gasteiger charge is -1.99. The van der Waals surface area contributed by atoms with Gasteiger partial charge in [-0.2, -0.15) is 0 Å². The second-order valence-electron chi connectivity index (χ2n) is 4.30. The van der Waals surface area contributed by atoms with Crippen LogP contribution in [0.1, 0.15) is 32.4 Å². The molecule has 2 rings (SSSR count). The molecule has 0 bridgehead atoms. The number of aromatic nitrogens is 2. The number of aliphatic hydroxyl groups excluding tert-OH is 1. The van der Waals surface area contributed by atoms with Crippen molar-refractivity contribution in [1.29, 1.82) is 0 Å². The van der Waals surface area contributed by atoms with E-state index in [-0.39, 0.29) is 18.0 Å². The Hall–Kier alpha value is -2.51. The minimum absolute atomic E-state index is 0.176. The highest BCUT2D eigenvalue weighted by molar-refractivity contribution is 6.16. The molecule has 2 aromatic heterocycles. The number of alkyl halides is 1. The van der Waals surface area contributed by atoms with Gasteiger partial charge in [-0.15, -0.1) is 11.6 Å². The number of carbonyl (C=O) groups is 2. The van der Waals surface area contributed by atoms with Crippen molar-refractivity contribution in [3.63, 3.8) is 0 Å². The Bertz CT molecular complexity index is 634. The van der Waals surface area contributed by atoms with Crippen LogP contribution in [-0.2, 0) is 22.0 Å². The summed E-state index contributed by atoms with van der Waals surface area (Å²) in [6, 6.07) is 9.86. The Balaban J connectivity index is 0.000000240. The SMILES string of the molecule is COC(=O)c1cccc(CCl)n1.COC(=O)c1cccc(CO)n1. The molecule has 0 fully saturated rings. The zero-order valence-corrected chi connectivity index (χ0v) is 14.0. The number of rotatable bonds is 4. The van der Waals surface area contributed by atoms with Gasteiger partial charge in [0.05, 0.1) is 38.1 Å². The fourth-order valence-corrected chi connectivity index (χ4v) is 1.71. The molecule has 2 aromatic rings. The van der Waals surface area contributed by atoms with Crippen LogP contribution in [0.4, 0.5) is 0 Å². The first kappa shape index (κ1) is 19.5. The van der Waals surface area contributed by atoms with Gasteiger partial charge in [0.2, 0.25) is 0 Å². The third kappa shape index (κ3) is 5.94. The molecule has 0 amide bonds. The Morgan fingerprint density at radius 1 is 0.958 bits per heavy atom. The first-order valence-electron chi connectivity index (χ1n) is 6.81. The molecule has 0 unspecified atom stereocenters. The molecule has 0 spiro atoms. The van der Waals surface area contributed by atoms with Crippen LogP contribution in [0.15, 0.2) is 36.4 Å². The minimum Gasteiger partial charge on any atom is -0.464 e.